The number of thioether (sulfide) groups is 1. The molecule has 2 heterocycles. The Morgan fingerprint density at radius 3 is 2.46 bits per heavy atom. The lowest BCUT2D eigenvalue weighted by molar-refractivity contribution is -0.128. The molecule has 0 bridgehead atoms. The highest BCUT2D eigenvalue weighted by Gasteiger charge is 2.47. The van der Waals surface area contributed by atoms with Crippen LogP contribution >= 0.6 is 34.7 Å². The van der Waals surface area contributed by atoms with E-state index < -0.39 is 10.7 Å². The molecule has 0 radical (unpaired) electrons. The normalized spacial score (nSPS) is 20.5. The molecule has 0 saturated carbocycles. The molecule has 24 heavy (non-hydrogen) atoms. The van der Waals surface area contributed by atoms with Crippen LogP contribution in [0.1, 0.15) is 30.3 Å². The van der Waals surface area contributed by atoms with Crippen molar-refractivity contribution in [3.8, 4) is 10.6 Å². The number of hydrogen-bond acceptors (Lipinski definition) is 5. The van der Waals surface area contributed by atoms with Crippen LogP contribution in [0, 0.1) is 6.92 Å². The number of aromatic nitrogens is 1. The van der Waals surface area contributed by atoms with E-state index in [-0.39, 0.29) is 11.6 Å². The van der Waals surface area contributed by atoms with E-state index in [1.54, 1.807) is 12.1 Å². The van der Waals surface area contributed by atoms with Gasteiger partial charge in [0.25, 0.3) is 0 Å². The zero-order chi connectivity index (χ0) is 17.6. The second-order valence-electron chi connectivity index (χ2n) is 6.16. The second-order valence-corrected chi connectivity index (χ2v) is 9.52. The lowest BCUT2D eigenvalue weighted by Gasteiger charge is -2.32. The number of hydrogen-bond donors (Lipinski definition) is 0. The molecule has 0 amide bonds. The fraction of sp³-hybridized carbons (Fsp3) is 0.278. The number of benzene rings is 1. The van der Waals surface area contributed by atoms with E-state index in [0.717, 1.165) is 15.4 Å². The highest BCUT2D eigenvalue weighted by molar-refractivity contribution is 8.06. The van der Waals surface area contributed by atoms with E-state index in [4.69, 9.17) is 11.6 Å². The van der Waals surface area contributed by atoms with Gasteiger partial charge in [-0.25, -0.2) is 4.98 Å². The maximum atomic E-state index is 12.8. The molecule has 3 rings (SSSR count). The highest BCUT2D eigenvalue weighted by Crippen LogP contribution is 2.45. The van der Waals surface area contributed by atoms with Gasteiger partial charge in [0.1, 0.15) is 10.9 Å². The molecular formula is C18H16ClNO2S2. The molecule has 1 aliphatic rings. The van der Waals surface area contributed by atoms with Gasteiger partial charge in [0.05, 0.1) is 10.4 Å². The summed E-state index contributed by atoms with van der Waals surface area (Å²) in [6, 6.07) is 7.36. The van der Waals surface area contributed by atoms with Gasteiger partial charge in [-0.05, 0) is 32.9 Å². The van der Waals surface area contributed by atoms with Crippen molar-refractivity contribution in [2.75, 3.05) is 0 Å². The van der Waals surface area contributed by atoms with Gasteiger partial charge in [-0.2, -0.15) is 0 Å². The average Bonchev–Trinajstić information content (AvgIpc) is 2.88. The standard InChI is InChI=1S/C18H16ClNO2S2/c1-9-14(13-15(21)10(2)24-18(3,4)16(13)22)20-17(23-9)11-5-7-12(19)8-6-11/h5-8,13H,2H2,1,3-4H3. The van der Waals surface area contributed by atoms with Crippen LogP contribution in [0.3, 0.4) is 0 Å². The molecule has 1 aromatic carbocycles. The average molecular weight is 378 g/mol. The van der Waals surface area contributed by atoms with E-state index in [9.17, 15) is 9.59 Å². The first-order valence-corrected chi connectivity index (χ1v) is 9.41. The quantitative estimate of drug-likeness (QED) is 0.543. The number of allylic oxidation sites excluding steroid dienone is 1. The van der Waals surface area contributed by atoms with Gasteiger partial charge in [0.2, 0.25) is 0 Å². The van der Waals surface area contributed by atoms with Crippen LogP contribution in [-0.4, -0.2) is 21.3 Å². The van der Waals surface area contributed by atoms with Gasteiger partial charge in [-0.1, -0.05) is 30.3 Å². The predicted octanol–water partition coefficient (Wildman–Crippen LogP) is 5.03. The number of Topliss-reactive ketones (excluding diaryl/α,β-unsaturated/α-hetero) is 2. The van der Waals surface area contributed by atoms with Crippen LogP contribution < -0.4 is 0 Å². The Bertz CT molecular complexity index is 852. The molecule has 0 N–H and O–H groups in total. The SMILES string of the molecule is C=C1SC(C)(C)C(=O)C(c2nc(-c3ccc(Cl)cc3)sc2C)C1=O. The Labute approximate surface area is 154 Å². The third kappa shape index (κ3) is 2.96. The summed E-state index contributed by atoms with van der Waals surface area (Å²) in [5.74, 6) is -1.20. The van der Waals surface area contributed by atoms with Gasteiger partial charge in [-0.15, -0.1) is 23.1 Å². The molecule has 1 atom stereocenters. The minimum Gasteiger partial charge on any atom is -0.297 e. The minimum atomic E-state index is -0.856. The van der Waals surface area contributed by atoms with Crippen molar-refractivity contribution in [2.45, 2.75) is 31.4 Å². The van der Waals surface area contributed by atoms with Crippen molar-refractivity contribution < 1.29 is 9.59 Å². The van der Waals surface area contributed by atoms with Crippen LogP contribution in [0.5, 0.6) is 0 Å². The van der Waals surface area contributed by atoms with Crippen molar-refractivity contribution in [1.29, 1.82) is 0 Å². The number of carbonyl (C=O) groups excluding carboxylic acids is 2. The first kappa shape index (κ1) is 17.4. The van der Waals surface area contributed by atoms with Crippen molar-refractivity contribution in [3.63, 3.8) is 0 Å². The number of rotatable bonds is 2. The maximum absolute atomic E-state index is 12.8. The van der Waals surface area contributed by atoms with Crippen LogP contribution in [0.25, 0.3) is 10.6 Å². The summed E-state index contributed by atoms with van der Waals surface area (Å²) in [5, 5.41) is 1.43. The molecule has 1 unspecified atom stereocenters. The van der Waals surface area contributed by atoms with Crippen LogP contribution in [0.2, 0.25) is 5.02 Å². The number of carbonyl (C=O) groups is 2. The number of halogens is 1. The van der Waals surface area contributed by atoms with E-state index in [1.807, 2.05) is 32.9 Å². The molecule has 0 spiro atoms. The van der Waals surface area contributed by atoms with Crippen LogP contribution in [0.4, 0.5) is 0 Å². The first-order valence-electron chi connectivity index (χ1n) is 7.40. The first-order chi connectivity index (χ1) is 11.2. The Hall–Kier alpha value is -1.43. The Morgan fingerprint density at radius 1 is 1.21 bits per heavy atom. The van der Waals surface area contributed by atoms with Crippen LogP contribution in [-0.2, 0) is 9.59 Å². The number of thiazole rings is 1. The molecular weight excluding hydrogens is 362 g/mol. The summed E-state index contributed by atoms with van der Waals surface area (Å²) in [5.41, 5.74) is 1.47. The van der Waals surface area contributed by atoms with E-state index in [0.29, 0.717) is 15.6 Å². The predicted molar refractivity (Wildman–Crippen MR) is 101 cm³/mol. The van der Waals surface area contributed by atoms with Gasteiger partial charge >= 0.3 is 0 Å². The minimum absolute atomic E-state index is 0.110. The molecule has 1 aromatic heterocycles. The smallest absolute Gasteiger partial charge is 0.185 e. The number of aryl methyl sites for hydroxylation is 1. The van der Waals surface area contributed by atoms with E-state index in [2.05, 4.69) is 11.6 Å². The number of nitrogens with zero attached hydrogens (tertiary/aromatic N) is 1. The monoisotopic (exact) mass is 377 g/mol. The Kier molecular flexibility index (Phi) is 4.45. The topological polar surface area (TPSA) is 47.0 Å². The maximum Gasteiger partial charge on any atom is 0.185 e. The van der Waals surface area contributed by atoms with Crippen LogP contribution in [0.15, 0.2) is 35.7 Å². The van der Waals surface area contributed by atoms with E-state index in [1.165, 1.54) is 23.1 Å². The van der Waals surface area contributed by atoms with E-state index >= 15 is 0 Å². The van der Waals surface area contributed by atoms with Crippen molar-refractivity contribution in [3.05, 3.63) is 51.3 Å². The molecule has 1 saturated heterocycles. The third-order valence-electron chi connectivity index (χ3n) is 3.97. The molecule has 0 aliphatic carbocycles. The fourth-order valence-electron chi connectivity index (χ4n) is 2.68. The molecule has 1 fully saturated rings. The van der Waals surface area contributed by atoms with Crippen molar-refractivity contribution in [1.82, 2.24) is 4.98 Å². The molecule has 1 aliphatic heterocycles. The summed E-state index contributed by atoms with van der Waals surface area (Å²) < 4.78 is -0.674. The summed E-state index contributed by atoms with van der Waals surface area (Å²) in [4.78, 5) is 31.3. The van der Waals surface area contributed by atoms with Gasteiger partial charge < -0.3 is 0 Å². The highest BCUT2D eigenvalue weighted by atomic mass is 35.5. The molecule has 3 nitrogen and oxygen atoms in total. The van der Waals surface area contributed by atoms with Crippen molar-refractivity contribution in [2.24, 2.45) is 0 Å². The van der Waals surface area contributed by atoms with Crippen molar-refractivity contribution >= 4 is 46.3 Å². The Morgan fingerprint density at radius 2 is 1.83 bits per heavy atom. The zero-order valence-electron chi connectivity index (χ0n) is 13.6. The summed E-state index contributed by atoms with van der Waals surface area (Å²) in [6.07, 6.45) is 0. The van der Waals surface area contributed by atoms with Gasteiger partial charge in [-0.3, -0.25) is 9.59 Å². The summed E-state index contributed by atoms with van der Waals surface area (Å²) >= 11 is 8.64. The van der Waals surface area contributed by atoms with Gasteiger partial charge in [0.15, 0.2) is 11.6 Å². The Balaban J connectivity index is 2.06. The largest absolute Gasteiger partial charge is 0.297 e. The van der Waals surface area contributed by atoms with Gasteiger partial charge in [0, 0.05) is 20.4 Å². The molecule has 124 valence electrons. The second kappa shape index (κ2) is 6.14. The lowest BCUT2D eigenvalue weighted by atomic mass is 9.87. The molecule has 6 heteroatoms. The third-order valence-corrected chi connectivity index (χ3v) is 6.41. The lowest BCUT2D eigenvalue weighted by Crippen LogP contribution is -2.42. The zero-order valence-corrected chi connectivity index (χ0v) is 15.9. The number of ketones is 2. The summed E-state index contributed by atoms with van der Waals surface area (Å²) in [6.45, 7) is 9.37. The molecule has 2 aromatic rings. The summed E-state index contributed by atoms with van der Waals surface area (Å²) in [7, 11) is 0. The fourth-order valence-corrected chi connectivity index (χ4v) is 4.81.